The first-order valence-corrected chi connectivity index (χ1v) is 11.2. The summed E-state index contributed by atoms with van der Waals surface area (Å²) in [5.41, 5.74) is 2.87. The molecule has 0 radical (unpaired) electrons. The van der Waals surface area contributed by atoms with Crippen molar-refractivity contribution in [2.45, 2.75) is 32.3 Å². The number of oxazole rings is 1. The van der Waals surface area contributed by atoms with Crippen LogP contribution >= 0.6 is 0 Å². The van der Waals surface area contributed by atoms with Gasteiger partial charge in [-0.25, -0.2) is 9.78 Å². The van der Waals surface area contributed by atoms with Crippen LogP contribution in [0.3, 0.4) is 0 Å². The number of nitrogens with zero attached hydrogens (tertiary/aromatic N) is 1. The Morgan fingerprint density at radius 2 is 1.76 bits per heavy atom. The van der Waals surface area contributed by atoms with Gasteiger partial charge >= 0.3 is 6.09 Å². The van der Waals surface area contributed by atoms with E-state index in [1.165, 1.54) is 5.39 Å². The number of ether oxygens (including phenoxy) is 2. The number of alkyl carbamates (subject to hydrolysis) is 1. The molecule has 1 aliphatic rings. The first-order chi connectivity index (χ1) is 16.5. The van der Waals surface area contributed by atoms with Gasteiger partial charge in [0.15, 0.2) is 6.10 Å². The predicted octanol–water partition coefficient (Wildman–Crippen LogP) is 4.99. The monoisotopic (exact) mass is 456 g/mol. The Bertz CT molecular complexity index is 1340. The number of aromatic nitrogens is 1. The highest BCUT2D eigenvalue weighted by Gasteiger charge is 2.31. The number of carbonyl (C=O) groups excluding carboxylic acids is 2. The maximum atomic E-state index is 11.6. The number of benzene rings is 3. The van der Waals surface area contributed by atoms with Crippen molar-refractivity contribution in [3.63, 3.8) is 0 Å². The van der Waals surface area contributed by atoms with Crippen molar-refractivity contribution >= 4 is 22.8 Å². The van der Waals surface area contributed by atoms with E-state index in [0.29, 0.717) is 31.8 Å². The smallest absolute Gasteiger partial charge is 0.414 e. The third-order valence-electron chi connectivity index (χ3n) is 5.88. The first kappa shape index (κ1) is 21.7. The van der Waals surface area contributed by atoms with Crippen LogP contribution in [-0.4, -0.2) is 29.7 Å². The summed E-state index contributed by atoms with van der Waals surface area (Å²) in [7, 11) is 0. The van der Waals surface area contributed by atoms with Gasteiger partial charge in [0.25, 0.3) is 5.91 Å². The Hall–Kier alpha value is -4.13. The van der Waals surface area contributed by atoms with Gasteiger partial charge in [0.05, 0.1) is 12.3 Å². The molecule has 2 heterocycles. The highest BCUT2D eigenvalue weighted by molar-refractivity contribution is 5.99. The zero-order chi connectivity index (χ0) is 23.5. The third-order valence-corrected chi connectivity index (χ3v) is 5.88. The van der Waals surface area contributed by atoms with Crippen molar-refractivity contribution < 1.29 is 23.5 Å². The zero-order valence-corrected chi connectivity index (χ0v) is 18.7. The number of nitrogens with one attached hydrogen (secondary N) is 1. The number of hydrogen-bond acceptors (Lipinski definition) is 6. The maximum absolute atomic E-state index is 11.6. The van der Waals surface area contributed by atoms with E-state index in [-0.39, 0.29) is 5.91 Å². The summed E-state index contributed by atoms with van der Waals surface area (Å²) in [6, 6.07) is 22.1. The van der Waals surface area contributed by atoms with Gasteiger partial charge in [-0.2, -0.15) is 0 Å². The van der Waals surface area contributed by atoms with Gasteiger partial charge in [-0.3, -0.25) is 10.1 Å². The molecule has 1 saturated heterocycles. The SMILES string of the molecule is Cc1oc(-c2ccc3ccccc3c2)nc1CCOc1ccc(CCC2OC(=O)NC2=O)cc1. The topological polar surface area (TPSA) is 90.7 Å². The van der Waals surface area contributed by atoms with E-state index in [9.17, 15) is 9.59 Å². The van der Waals surface area contributed by atoms with E-state index < -0.39 is 12.2 Å². The van der Waals surface area contributed by atoms with Crippen LogP contribution in [0, 0.1) is 6.92 Å². The molecule has 172 valence electrons. The van der Waals surface area contributed by atoms with Crippen LogP contribution in [0.25, 0.3) is 22.2 Å². The van der Waals surface area contributed by atoms with Crippen LogP contribution in [0.5, 0.6) is 5.75 Å². The number of amides is 2. The fraction of sp³-hybridized carbons (Fsp3) is 0.222. The van der Waals surface area contributed by atoms with Crippen LogP contribution in [0.1, 0.15) is 23.4 Å². The fourth-order valence-corrected chi connectivity index (χ4v) is 4.00. The van der Waals surface area contributed by atoms with Crippen molar-refractivity contribution in [1.29, 1.82) is 0 Å². The predicted molar refractivity (Wildman–Crippen MR) is 127 cm³/mol. The number of cyclic esters (lactones) is 1. The lowest BCUT2D eigenvalue weighted by molar-refractivity contribution is -0.123. The van der Waals surface area contributed by atoms with E-state index >= 15 is 0 Å². The van der Waals surface area contributed by atoms with Gasteiger partial charge in [-0.1, -0.05) is 42.5 Å². The number of hydrogen-bond donors (Lipinski definition) is 1. The summed E-state index contributed by atoms with van der Waals surface area (Å²) in [4.78, 5) is 27.3. The second kappa shape index (κ2) is 9.39. The zero-order valence-electron chi connectivity index (χ0n) is 18.7. The van der Waals surface area contributed by atoms with Crippen LogP contribution < -0.4 is 10.1 Å². The van der Waals surface area contributed by atoms with Gasteiger partial charge in [-0.15, -0.1) is 0 Å². The average molecular weight is 456 g/mol. The molecular weight excluding hydrogens is 432 g/mol. The minimum Gasteiger partial charge on any atom is -0.493 e. The molecule has 1 unspecified atom stereocenters. The van der Waals surface area contributed by atoms with Crippen LogP contribution in [0.2, 0.25) is 0 Å². The minimum absolute atomic E-state index is 0.378. The molecule has 2 amide bonds. The number of rotatable bonds is 8. The average Bonchev–Trinajstić information content (AvgIpc) is 3.38. The van der Waals surface area contributed by atoms with E-state index in [1.807, 2.05) is 49.4 Å². The lowest BCUT2D eigenvalue weighted by Crippen LogP contribution is -2.24. The molecule has 0 saturated carbocycles. The molecule has 7 heteroatoms. The number of aryl methyl sites for hydroxylation is 2. The molecule has 3 aromatic carbocycles. The maximum Gasteiger partial charge on any atom is 0.414 e. The summed E-state index contributed by atoms with van der Waals surface area (Å²) < 4.78 is 16.7. The van der Waals surface area contributed by atoms with E-state index in [1.54, 1.807) is 0 Å². The van der Waals surface area contributed by atoms with Crippen LogP contribution in [-0.2, 0) is 22.4 Å². The molecule has 0 aliphatic carbocycles. The van der Waals surface area contributed by atoms with E-state index in [0.717, 1.165) is 33.7 Å². The van der Waals surface area contributed by atoms with Crippen molar-refractivity contribution in [3.05, 3.63) is 83.7 Å². The van der Waals surface area contributed by atoms with Gasteiger partial charge < -0.3 is 13.9 Å². The Labute approximate surface area is 196 Å². The molecule has 34 heavy (non-hydrogen) atoms. The number of fused-ring (bicyclic) bond motifs is 1. The Morgan fingerprint density at radius 3 is 2.53 bits per heavy atom. The van der Waals surface area contributed by atoms with Crippen LogP contribution in [0.4, 0.5) is 4.79 Å². The molecule has 1 N–H and O–H groups in total. The normalized spacial score (nSPS) is 15.4. The summed E-state index contributed by atoms with van der Waals surface area (Å²) in [6.45, 7) is 2.39. The van der Waals surface area contributed by atoms with Gasteiger partial charge in [0, 0.05) is 12.0 Å². The van der Waals surface area contributed by atoms with Gasteiger partial charge in [0.1, 0.15) is 11.5 Å². The first-order valence-electron chi connectivity index (χ1n) is 11.2. The highest BCUT2D eigenvalue weighted by atomic mass is 16.6. The minimum atomic E-state index is -0.714. The lowest BCUT2D eigenvalue weighted by atomic mass is 10.1. The molecule has 1 aliphatic heterocycles. The van der Waals surface area contributed by atoms with Gasteiger partial charge in [0.2, 0.25) is 5.89 Å². The molecule has 7 nitrogen and oxygen atoms in total. The van der Waals surface area contributed by atoms with E-state index in [4.69, 9.17) is 18.9 Å². The van der Waals surface area contributed by atoms with Crippen molar-refractivity contribution in [3.8, 4) is 17.2 Å². The van der Waals surface area contributed by atoms with Crippen molar-refractivity contribution in [1.82, 2.24) is 10.3 Å². The second-order valence-corrected chi connectivity index (χ2v) is 8.25. The van der Waals surface area contributed by atoms with Crippen molar-refractivity contribution in [2.24, 2.45) is 0 Å². The van der Waals surface area contributed by atoms with E-state index in [2.05, 4.69) is 29.6 Å². The molecule has 1 aromatic heterocycles. The molecule has 4 aromatic rings. The second-order valence-electron chi connectivity index (χ2n) is 8.25. The standard InChI is InChI=1S/C27H24N2O5/c1-17-23(28-26(33-17)21-10-9-19-4-2-3-5-20(19)16-21)14-15-32-22-11-6-18(7-12-22)8-13-24-25(30)29-27(31)34-24/h2-7,9-12,16,24H,8,13-15H2,1H3,(H,29,30,31). The Balaban J connectivity index is 1.15. The van der Waals surface area contributed by atoms with Crippen LogP contribution in [0.15, 0.2) is 71.1 Å². The summed E-state index contributed by atoms with van der Waals surface area (Å²) in [5, 5.41) is 4.47. The summed E-state index contributed by atoms with van der Waals surface area (Å²) in [5.74, 6) is 1.78. The molecule has 5 rings (SSSR count). The molecule has 0 bridgehead atoms. The Kier molecular flexibility index (Phi) is 5.99. The molecule has 1 atom stereocenters. The van der Waals surface area contributed by atoms with Crippen molar-refractivity contribution in [2.75, 3.05) is 6.61 Å². The molecule has 0 spiro atoms. The quantitative estimate of drug-likeness (QED) is 0.402. The third kappa shape index (κ3) is 4.78. The number of imide groups is 1. The lowest BCUT2D eigenvalue weighted by Gasteiger charge is -2.08. The molecule has 1 fully saturated rings. The Morgan fingerprint density at radius 1 is 0.971 bits per heavy atom. The largest absolute Gasteiger partial charge is 0.493 e. The highest BCUT2D eigenvalue weighted by Crippen LogP contribution is 2.26. The number of carbonyl (C=O) groups is 2. The fourth-order valence-electron chi connectivity index (χ4n) is 4.00. The summed E-state index contributed by atoms with van der Waals surface area (Å²) >= 11 is 0. The summed E-state index contributed by atoms with van der Waals surface area (Å²) in [6.07, 6.45) is 0.316. The molecular formula is C27H24N2O5. The van der Waals surface area contributed by atoms with Gasteiger partial charge in [-0.05, 0) is 60.4 Å².